The van der Waals surface area contributed by atoms with Crippen molar-refractivity contribution < 1.29 is 17.6 Å². The van der Waals surface area contributed by atoms with Crippen LogP contribution >= 0.6 is 12.4 Å². The monoisotopic (exact) mass is 371 g/mol. The van der Waals surface area contributed by atoms with E-state index in [1.807, 2.05) is 17.7 Å². The average molecular weight is 372 g/mol. The Morgan fingerprint density at radius 3 is 2.48 bits per heavy atom. The number of hydrogen-bond donors (Lipinski definition) is 0. The molecule has 0 spiro atoms. The highest BCUT2D eigenvalue weighted by Gasteiger charge is 2.34. The fraction of sp³-hybridized carbons (Fsp3) is 0.176. The van der Waals surface area contributed by atoms with Crippen LogP contribution in [0, 0.1) is 12.7 Å². The van der Waals surface area contributed by atoms with Crippen molar-refractivity contribution in [3.8, 4) is 11.1 Å². The number of hydrogen-bond acceptors (Lipinski definition) is 2. The molecule has 0 aliphatic heterocycles. The zero-order valence-electron chi connectivity index (χ0n) is 13.1. The highest BCUT2D eigenvalue weighted by atomic mass is 35.5. The summed E-state index contributed by atoms with van der Waals surface area (Å²) in [7, 11) is 0. The lowest BCUT2D eigenvalue weighted by Crippen LogP contribution is -2.08. The first-order valence-corrected chi connectivity index (χ1v) is 7.13. The van der Waals surface area contributed by atoms with Crippen molar-refractivity contribution in [3.05, 3.63) is 71.8 Å². The molecule has 0 saturated heterocycles. The van der Waals surface area contributed by atoms with Gasteiger partial charge in [-0.1, -0.05) is 6.07 Å². The predicted molar refractivity (Wildman–Crippen MR) is 87.9 cm³/mol. The lowest BCUT2D eigenvalue weighted by molar-refractivity contribution is -0.139. The first kappa shape index (κ1) is 18.9. The summed E-state index contributed by atoms with van der Waals surface area (Å²) < 4.78 is 53.9. The third-order valence-corrected chi connectivity index (χ3v) is 3.68. The third kappa shape index (κ3) is 4.17. The summed E-state index contributed by atoms with van der Waals surface area (Å²) in [6.45, 7) is 2.35. The van der Waals surface area contributed by atoms with Crippen LogP contribution < -0.4 is 0 Å². The summed E-state index contributed by atoms with van der Waals surface area (Å²) in [5.41, 5.74) is 0.290. The smallest absolute Gasteiger partial charge is 0.331 e. The summed E-state index contributed by atoms with van der Waals surface area (Å²) in [4.78, 5) is 8.19. The van der Waals surface area contributed by atoms with E-state index in [-0.39, 0.29) is 18.0 Å². The van der Waals surface area contributed by atoms with Gasteiger partial charge in [-0.25, -0.2) is 9.37 Å². The summed E-state index contributed by atoms with van der Waals surface area (Å²) >= 11 is 0. The third-order valence-electron chi connectivity index (χ3n) is 3.68. The van der Waals surface area contributed by atoms with E-state index in [9.17, 15) is 17.6 Å². The van der Waals surface area contributed by atoms with Gasteiger partial charge in [-0.2, -0.15) is 13.2 Å². The van der Waals surface area contributed by atoms with Crippen molar-refractivity contribution in [1.29, 1.82) is 0 Å². The Hall–Kier alpha value is -2.41. The molecule has 3 nitrogen and oxygen atoms in total. The van der Waals surface area contributed by atoms with E-state index in [1.165, 1.54) is 12.3 Å². The Balaban J connectivity index is 0.00000225. The van der Waals surface area contributed by atoms with E-state index < -0.39 is 17.6 Å². The van der Waals surface area contributed by atoms with E-state index >= 15 is 0 Å². The second-order valence-electron chi connectivity index (χ2n) is 5.38. The number of aryl methyl sites for hydroxylation is 1. The van der Waals surface area contributed by atoms with Gasteiger partial charge in [-0.15, -0.1) is 12.4 Å². The number of pyridine rings is 1. The molecule has 0 bridgehead atoms. The number of rotatable bonds is 3. The van der Waals surface area contributed by atoms with Crippen molar-refractivity contribution in [2.24, 2.45) is 0 Å². The molecule has 0 aliphatic rings. The topological polar surface area (TPSA) is 30.7 Å². The summed E-state index contributed by atoms with van der Waals surface area (Å²) in [5.74, 6) is -0.467. The van der Waals surface area contributed by atoms with Gasteiger partial charge in [-0.05, 0) is 36.2 Å². The molecule has 8 heteroatoms. The van der Waals surface area contributed by atoms with E-state index in [4.69, 9.17) is 0 Å². The Kier molecular flexibility index (Phi) is 5.47. The molecule has 2 heterocycles. The van der Waals surface area contributed by atoms with Crippen molar-refractivity contribution in [3.63, 3.8) is 0 Å². The van der Waals surface area contributed by atoms with Gasteiger partial charge in [0.25, 0.3) is 0 Å². The molecule has 0 aliphatic carbocycles. The molecule has 1 aromatic carbocycles. The van der Waals surface area contributed by atoms with E-state index in [2.05, 4.69) is 9.97 Å². The van der Waals surface area contributed by atoms with Crippen LogP contribution in [0.4, 0.5) is 17.6 Å². The second-order valence-corrected chi connectivity index (χ2v) is 5.38. The zero-order chi connectivity index (χ0) is 17.3. The van der Waals surface area contributed by atoms with Crippen LogP contribution in [0.25, 0.3) is 11.1 Å². The van der Waals surface area contributed by atoms with Crippen LogP contribution in [0.2, 0.25) is 0 Å². The molecule has 0 amide bonds. The Bertz CT molecular complexity index is 874. The quantitative estimate of drug-likeness (QED) is 0.614. The van der Waals surface area contributed by atoms with Crippen LogP contribution in [-0.2, 0) is 12.7 Å². The van der Waals surface area contributed by atoms with Crippen LogP contribution in [0.3, 0.4) is 0 Å². The van der Waals surface area contributed by atoms with Gasteiger partial charge >= 0.3 is 6.18 Å². The van der Waals surface area contributed by atoms with Crippen LogP contribution in [0.1, 0.15) is 17.0 Å². The van der Waals surface area contributed by atoms with Gasteiger partial charge in [0.15, 0.2) is 0 Å². The van der Waals surface area contributed by atoms with Gasteiger partial charge in [0.05, 0.1) is 12.1 Å². The molecular weight excluding hydrogens is 358 g/mol. The van der Waals surface area contributed by atoms with Crippen molar-refractivity contribution >= 4 is 12.4 Å². The average Bonchev–Trinajstić information content (AvgIpc) is 2.92. The van der Waals surface area contributed by atoms with Crippen molar-refractivity contribution in [2.45, 2.75) is 19.6 Å². The van der Waals surface area contributed by atoms with Gasteiger partial charge in [0.1, 0.15) is 11.6 Å². The van der Waals surface area contributed by atoms with Crippen molar-refractivity contribution in [2.75, 3.05) is 0 Å². The molecule has 0 atom stereocenters. The standard InChI is InChI=1S/C17H13F4N3.ClH/c1-11-23-4-5-24(11)10-12-6-14(9-22-8-12)13-2-3-16(18)15(7-13)17(19,20)21;/h2-9H,10H2,1H3;1H. The van der Waals surface area contributed by atoms with Gasteiger partial charge in [0, 0.05) is 30.4 Å². The molecular formula is C17H14ClF4N3. The molecule has 0 radical (unpaired) electrons. The Morgan fingerprint density at radius 2 is 1.84 bits per heavy atom. The normalized spacial score (nSPS) is 11.2. The number of imidazole rings is 1. The Morgan fingerprint density at radius 1 is 1.08 bits per heavy atom. The number of nitrogens with zero attached hydrogens (tertiary/aromatic N) is 3. The molecule has 25 heavy (non-hydrogen) atoms. The van der Waals surface area contributed by atoms with E-state index in [0.29, 0.717) is 12.1 Å². The summed E-state index contributed by atoms with van der Waals surface area (Å²) in [6, 6.07) is 4.68. The lowest BCUT2D eigenvalue weighted by Gasteiger charge is -2.11. The largest absolute Gasteiger partial charge is 0.419 e. The maximum absolute atomic E-state index is 13.4. The molecule has 0 unspecified atom stereocenters. The predicted octanol–water partition coefficient (Wildman–Crippen LogP) is 4.88. The minimum Gasteiger partial charge on any atom is -0.331 e. The highest BCUT2D eigenvalue weighted by Crippen LogP contribution is 2.34. The number of aromatic nitrogens is 3. The van der Waals surface area contributed by atoms with Gasteiger partial charge in [0.2, 0.25) is 0 Å². The zero-order valence-corrected chi connectivity index (χ0v) is 13.9. The van der Waals surface area contributed by atoms with Gasteiger partial charge < -0.3 is 4.57 Å². The molecule has 132 valence electrons. The van der Waals surface area contributed by atoms with Crippen LogP contribution in [0.15, 0.2) is 49.1 Å². The van der Waals surface area contributed by atoms with Crippen LogP contribution in [-0.4, -0.2) is 14.5 Å². The maximum atomic E-state index is 13.4. The van der Waals surface area contributed by atoms with E-state index in [0.717, 1.165) is 23.5 Å². The number of benzene rings is 1. The molecule has 3 rings (SSSR count). The number of halogens is 5. The van der Waals surface area contributed by atoms with Gasteiger partial charge in [-0.3, -0.25) is 4.98 Å². The minimum absolute atomic E-state index is 0. The second kappa shape index (κ2) is 7.23. The number of alkyl halides is 3. The molecule has 2 aromatic heterocycles. The fourth-order valence-corrected chi connectivity index (χ4v) is 2.42. The summed E-state index contributed by atoms with van der Waals surface area (Å²) in [5, 5.41) is 0. The Labute approximate surface area is 147 Å². The van der Waals surface area contributed by atoms with Crippen LogP contribution in [0.5, 0.6) is 0 Å². The summed E-state index contributed by atoms with van der Waals surface area (Å²) in [6.07, 6.45) is 1.83. The molecule has 3 aromatic rings. The highest BCUT2D eigenvalue weighted by molar-refractivity contribution is 5.85. The lowest BCUT2D eigenvalue weighted by atomic mass is 10.0. The molecule has 0 N–H and O–H groups in total. The first-order valence-electron chi connectivity index (χ1n) is 7.13. The van der Waals surface area contributed by atoms with E-state index in [1.54, 1.807) is 18.5 Å². The first-order chi connectivity index (χ1) is 11.3. The SMILES string of the molecule is Cc1nccn1Cc1cncc(-c2ccc(F)c(C(F)(F)F)c2)c1.Cl. The minimum atomic E-state index is -4.74. The maximum Gasteiger partial charge on any atom is 0.419 e. The molecule has 0 saturated carbocycles. The fourth-order valence-electron chi connectivity index (χ4n) is 2.42. The molecule has 0 fully saturated rings. The van der Waals surface area contributed by atoms with Crippen molar-refractivity contribution in [1.82, 2.24) is 14.5 Å².